The van der Waals surface area contributed by atoms with Crippen molar-refractivity contribution in [2.24, 2.45) is 5.73 Å². The van der Waals surface area contributed by atoms with E-state index in [1.807, 2.05) is 18.2 Å². The molecule has 156 valence electrons. The van der Waals surface area contributed by atoms with Gasteiger partial charge in [-0.1, -0.05) is 6.07 Å². The predicted molar refractivity (Wildman–Crippen MR) is 111 cm³/mol. The number of aryl methyl sites for hydroxylation is 1. The van der Waals surface area contributed by atoms with Gasteiger partial charge in [0.15, 0.2) is 11.5 Å². The Hall–Kier alpha value is -3.42. The van der Waals surface area contributed by atoms with Crippen LogP contribution in [0.25, 0.3) is 0 Å². The SMILES string of the molecule is CNC(=O)c1c(N)c(C)c(C(N)=O)c(OC)c1CCc1ccc(OC)c(OC)c1. The third-order valence-electron chi connectivity index (χ3n) is 4.87. The van der Waals surface area contributed by atoms with E-state index in [-0.39, 0.29) is 28.5 Å². The van der Waals surface area contributed by atoms with Crippen molar-refractivity contribution in [3.63, 3.8) is 0 Å². The van der Waals surface area contributed by atoms with Gasteiger partial charge in [-0.15, -0.1) is 0 Å². The van der Waals surface area contributed by atoms with E-state index in [0.29, 0.717) is 35.5 Å². The minimum absolute atomic E-state index is 0.181. The molecule has 29 heavy (non-hydrogen) atoms. The summed E-state index contributed by atoms with van der Waals surface area (Å²) in [5.74, 6) is 0.465. The van der Waals surface area contributed by atoms with Crippen molar-refractivity contribution in [3.05, 3.63) is 46.0 Å². The molecule has 0 saturated carbocycles. The molecule has 8 heteroatoms. The minimum Gasteiger partial charge on any atom is -0.496 e. The second kappa shape index (κ2) is 9.18. The highest BCUT2D eigenvalue weighted by molar-refractivity contribution is 6.07. The van der Waals surface area contributed by atoms with Crippen LogP contribution in [0, 0.1) is 6.92 Å². The zero-order chi connectivity index (χ0) is 21.7. The van der Waals surface area contributed by atoms with E-state index >= 15 is 0 Å². The molecule has 0 atom stereocenters. The van der Waals surface area contributed by atoms with Crippen LogP contribution >= 0.6 is 0 Å². The van der Waals surface area contributed by atoms with E-state index in [4.69, 9.17) is 25.7 Å². The molecule has 0 aliphatic rings. The molecule has 0 radical (unpaired) electrons. The fourth-order valence-electron chi connectivity index (χ4n) is 3.37. The van der Waals surface area contributed by atoms with Crippen LogP contribution in [-0.4, -0.2) is 40.2 Å². The first-order valence-corrected chi connectivity index (χ1v) is 9.02. The van der Waals surface area contributed by atoms with Crippen LogP contribution in [-0.2, 0) is 12.8 Å². The molecule has 2 rings (SSSR count). The smallest absolute Gasteiger partial charge is 0.253 e. The van der Waals surface area contributed by atoms with Crippen LogP contribution in [0.4, 0.5) is 5.69 Å². The minimum atomic E-state index is -0.665. The lowest BCUT2D eigenvalue weighted by Crippen LogP contribution is -2.25. The van der Waals surface area contributed by atoms with Gasteiger partial charge in [0.25, 0.3) is 11.8 Å². The Morgan fingerprint density at radius 2 is 1.66 bits per heavy atom. The molecule has 2 amide bonds. The van der Waals surface area contributed by atoms with Crippen LogP contribution < -0.4 is 31.0 Å². The zero-order valence-corrected chi connectivity index (χ0v) is 17.3. The van der Waals surface area contributed by atoms with Gasteiger partial charge in [0.2, 0.25) is 0 Å². The number of nitrogen functional groups attached to an aromatic ring is 1. The van der Waals surface area contributed by atoms with Gasteiger partial charge in [-0.3, -0.25) is 9.59 Å². The summed E-state index contributed by atoms with van der Waals surface area (Å²) in [6.45, 7) is 1.64. The maximum atomic E-state index is 12.6. The Balaban J connectivity index is 2.58. The fourth-order valence-corrected chi connectivity index (χ4v) is 3.37. The van der Waals surface area contributed by atoms with Gasteiger partial charge in [0, 0.05) is 18.3 Å². The van der Waals surface area contributed by atoms with Crippen molar-refractivity contribution >= 4 is 17.5 Å². The molecule has 2 aromatic rings. The number of rotatable bonds is 8. The number of nitrogens with one attached hydrogen (secondary N) is 1. The predicted octanol–water partition coefficient (Wildman–Crippen LogP) is 1.85. The molecule has 0 fully saturated rings. The number of hydrogen-bond donors (Lipinski definition) is 3. The second-order valence-electron chi connectivity index (χ2n) is 6.43. The standard InChI is InChI=1S/C21H27N3O5/c1-11-16(20(23)25)19(29-5)13(17(18(11)22)21(26)24-2)8-6-12-7-9-14(27-3)15(10-12)28-4/h7,9-10H,6,8,22H2,1-5H3,(H2,23,25)(H,24,26). The number of methoxy groups -OCH3 is 3. The largest absolute Gasteiger partial charge is 0.496 e. The monoisotopic (exact) mass is 401 g/mol. The van der Waals surface area contributed by atoms with Crippen molar-refractivity contribution in [1.82, 2.24) is 5.32 Å². The highest BCUT2D eigenvalue weighted by atomic mass is 16.5. The van der Waals surface area contributed by atoms with E-state index in [2.05, 4.69) is 5.32 Å². The normalized spacial score (nSPS) is 10.4. The third kappa shape index (κ3) is 4.21. The molecule has 0 aliphatic carbocycles. The Morgan fingerprint density at radius 1 is 1.00 bits per heavy atom. The van der Waals surface area contributed by atoms with E-state index in [1.165, 1.54) is 14.2 Å². The summed E-state index contributed by atoms with van der Waals surface area (Å²) in [6.07, 6.45) is 0.938. The Kier molecular flexibility index (Phi) is 6.93. The molecule has 0 bridgehead atoms. The van der Waals surface area contributed by atoms with Crippen LogP contribution in [0.1, 0.15) is 37.4 Å². The molecular weight excluding hydrogens is 374 g/mol. The number of benzene rings is 2. The number of nitrogens with two attached hydrogens (primary N) is 2. The van der Waals surface area contributed by atoms with Gasteiger partial charge in [0.05, 0.1) is 32.5 Å². The molecule has 0 unspecified atom stereocenters. The Labute approximate surface area is 170 Å². The average Bonchev–Trinajstić information content (AvgIpc) is 2.72. The van der Waals surface area contributed by atoms with Gasteiger partial charge in [-0.05, 0) is 43.0 Å². The van der Waals surface area contributed by atoms with Crippen molar-refractivity contribution in [3.8, 4) is 17.2 Å². The number of hydrogen-bond acceptors (Lipinski definition) is 6. The zero-order valence-electron chi connectivity index (χ0n) is 17.3. The molecule has 0 heterocycles. The first-order valence-electron chi connectivity index (χ1n) is 9.02. The second-order valence-corrected chi connectivity index (χ2v) is 6.43. The number of anilines is 1. The molecule has 0 aromatic heterocycles. The highest BCUT2D eigenvalue weighted by Gasteiger charge is 2.27. The van der Waals surface area contributed by atoms with Crippen molar-refractivity contribution in [2.75, 3.05) is 34.1 Å². The summed E-state index contributed by atoms with van der Waals surface area (Å²) in [5, 5.41) is 2.59. The Morgan fingerprint density at radius 3 is 2.17 bits per heavy atom. The fraction of sp³-hybridized carbons (Fsp3) is 0.333. The molecular formula is C21H27N3O5. The number of carbonyl (C=O) groups is 2. The lowest BCUT2D eigenvalue weighted by atomic mass is 9.90. The topological polar surface area (TPSA) is 126 Å². The lowest BCUT2D eigenvalue weighted by Gasteiger charge is -2.21. The van der Waals surface area contributed by atoms with Crippen molar-refractivity contribution < 1.29 is 23.8 Å². The van der Waals surface area contributed by atoms with Crippen LogP contribution in [0.15, 0.2) is 18.2 Å². The summed E-state index contributed by atoms with van der Waals surface area (Å²) in [6, 6.07) is 5.57. The molecule has 5 N–H and O–H groups in total. The average molecular weight is 401 g/mol. The molecule has 2 aromatic carbocycles. The van der Waals surface area contributed by atoms with Gasteiger partial charge < -0.3 is 31.0 Å². The van der Waals surface area contributed by atoms with Gasteiger partial charge in [-0.2, -0.15) is 0 Å². The van der Waals surface area contributed by atoms with Gasteiger partial charge in [0.1, 0.15) is 5.75 Å². The third-order valence-corrected chi connectivity index (χ3v) is 4.87. The maximum Gasteiger partial charge on any atom is 0.253 e. The number of carbonyl (C=O) groups excluding carboxylic acids is 2. The molecule has 8 nitrogen and oxygen atoms in total. The van der Waals surface area contributed by atoms with Crippen molar-refractivity contribution in [2.45, 2.75) is 19.8 Å². The number of primary amides is 1. The van der Waals surface area contributed by atoms with E-state index in [1.54, 1.807) is 21.1 Å². The number of amides is 2. The van der Waals surface area contributed by atoms with Crippen molar-refractivity contribution in [1.29, 1.82) is 0 Å². The maximum absolute atomic E-state index is 12.6. The Bertz CT molecular complexity index is 941. The molecule has 0 spiro atoms. The first-order chi connectivity index (χ1) is 13.8. The summed E-state index contributed by atoms with van der Waals surface area (Å²) in [5.41, 5.74) is 14.3. The van der Waals surface area contributed by atoms with Crippen LogP contribution in [0.3, 0.4) is 0 Å². The highest BCUT2D eigenvalue weighted by Crippen LogP contribution is 2.37. The summed E-state index contributed by atoms with van der Waals surface area (Å²) in [4.78, 5) is 24.6. The quantitative estimate of drug-likeness (QED) is 0.580. The molecule has 0 aliphatic heterocycles. The molecule has 0 saturated heterocycles. The van der Waals surface area contributed by atoms with E-state index in [9.17, 15) is 9.59 Å². The lowest BCUT2D eigenvalue weighted by molar-refractivity contribution is 0.0958. The van der Waals surface area contributed by atoms with Gasteiger partial charge >= 0.3 is 0 Å². The van der Waals surface area contributed by atoms with E-state index < -0.39 is 5.91 Å². The first kappa shape index (κ1) is 21.9. The summed E-state index contributed by atoms with van der Waals surface area (Å²) < 4.78 is 16.1. The van der Waals surface area contributed by atoms with Gasteiger partial charge in [-0.25, -0.2) is 0 Å². The van der Waals surface area contributed by atoms with Crippen LogP contribution in [0.5, 0.6) is 17.2 Å². The summed E-state index contributed by atoms with van der Waals surface area (Å²) >= 11 is 0. The summed E-state index contributed by atoms with van der Waals surface area (Å²) in [7, 11) is 6.08. The van der Waals surface area contributed by atoms with Crippen LogP contribution in [0.2, 0.25) is 0 Å². The number of ether oxygens (including phenoxy) is 3. The van der Waals surface area contributed by atoms with E-state index in [0.717, 1.165) is 5.56 Å².